The molecule has 19 heavy (non-hydrogen) atoms. The van der Waals surface area contributed by atoms with Crippen LogP contribution in [-0.4, -0.2) is 48.1 Å². The minimum Gasteiger partial charge on any atom is -0.314 e. The average Bonchev–Trinajstić information content (AvgIpc) is 2.46. The Morgan fingerprint density at radius 2 is 1.95 bits per heavy atom. The minimum absolute atomic E-state index is 0.285. The Balaban J connectivity index is 1.69. The summed E-state index contributed by atoms with van der Waals surface area (Å²) in [6.45, 7) is 11.3. The van der Waals surface area contributed by atoms with Gasteiger partial charge in [-0.1, -0.05) is 0 Å². The zero-order chi connectivity index (χ0) is 13.6. The van der Waals surface area contributed by atoms with Gasteiger partial charge >= 0.3 is 0 Å². The standard InChI is InChI=1S/C15H26N4/c1-15(2,19-11-9-17-10-12-19)5-8-18-13-14-3-6-16-7-4-14/h3-4,6-7,17-18H,5,8-13H2,1-2H3. The van der Waals surface area contributed by atoms with Gasteiger partial charge in [0, 0.05) is 50.7 Å². The molecule has 0 bridgehead atoms. The van der Waals surface area contributed by atoms with Crippen LogP contribution in [-0.2, 0) is 6.54 Å². The van der Waals surface area contributed by atoms with E-state index in [1.807, 2.05) is 12.4 Å². The molecule has 0 aromatic carbocycles. The summed E-state index contributed by atoms with van der Waals surface area (Å²) >= 11 is 0. The first-order valence-electron chi connectivity index (χ1n) is 7.24. The van der Waals surface area contributed by atoms with Gasteiger partial charge in [0.15, 0.2) is 0 Å². The maximum Gasteiger partial charge on any atom is 0.0271 e. The van der Waals surface area contributed by atoms with Crippen LogP contribution in [0, 0.1) is 0 Å². The summed E-state index contributed by atoms with van der Waals surface area (Å²) in [6.07, 6.45) is 4.88. The third kappa shape index (κ3) is 4.56. The second kappa shape index (κ2) is 6.98. The Morgan fingerprint density at radius 3 is 2.63 bits per heavy atom. The Hall–Kier alpha value is -0.970. The first kappa shape index (κ1) is 14.4. The molecular weight excluding hydrogens is 236 g/mol. The highest BCUT2D eigenvalue weighted by Crippen LogP contribution is 2.18. The van der Waals surface area contributed by atoms with Crippen LogP contribution in [0.1, 0.15) is 25.8 Å². The lowest BCUT2D eigenvalue weighted by molar-refractivity contribution is 0.0955. The van der Waals surface area contributed by atoms with Crippen LogP contribution in [0.2, 0.25) is 0 Å². The van der Waals surface area contributed by atoms with Gasteiger partial charge in [-0.25, -0.2) is 0 Å². The normalized spacial score (nSPS) is 17.6. The number of nitrogens with zero attached hydrogens (tertiary/aromatic N) is 2. The molecule has 0 aliphatic carbocycles. The molecule has 106 valence electrons. The van der Waals surface area contributed by atoms with E-state index in [1.165, 1.54) is 12.0 Å². The maximum absolute atomic E-state index is 4.03. The molecule has 1 aromatic heterocycles. The van der Waals surface area contributed by atoms with Crippen molar-refractivity contribution in [2.24, 2.45) is 0 Å². The van der Waals surface area contributed by atoms with Gasteiger partial charge in [-0.3, -0.25) is 9.88 Å². The van der Waals surface area contributed by atoms with Gasteiger partial charge in [-0.05, 0) is 44.5 Å². The van der Waals surface area contributed by atoms with E-state index >= 15 is 0 Å². The summed E-state index contributed by atoms with van der Waals surface area (Å²) in [4.78, 5) is 6.63. The quantitative estimate of drug-likeness (QED) is 0.757. The highest BCUT2D eigenvalue weighted by atomic mass is 15.2. The number of hydrogen-bond acceptors (Lipinski definition) is 4. The van der Waals surface area contributed by atoms with Crippen molar-refractivity contribution in [2.75, 3.05) is 32.7 Å². The fourth-order valence-corrected chi connectivity index (χ4v) is 2.56. The molecule has 0 radical (unpaired) electrons. The fourth-order valence-electron chi connectivity index (χ4n) is 2.56. The van der Waals surface area contributed by atoms with Crippen LogP contribution < -0.4 is 10.6 Å². The van der Waals surface area contributed by atoms with Gasteiger partial charge in [0.2, 0.25) is 0 Å². The van der Waals surface area contributed by atoms with Crippen molar-refractivity contribution in [2.45, 2.75) is 32.4 Å². The smallest absolute Gasteiger partial charge is 0.0271 e. The molecule has 0 atom stereocenters. The molecule has 2 N–H and O–H groups in total. The first-order chi connectivity index (χ1) is 9.18. The lowest BCUT2D eigenvalue weighted by Crippen LogP contribution is -2.54. The molecule has 0 unspecified atom stereocenters. The fraction of sp³-hybridized carbons (Fsp3) is 0.667. The van der Waals surface area contributed by atoms with Crippen LogP contribution in [0.4, 0.5) is 0 Å². The second-order valence-electron chi connectivity index (χ2n) is 5.83. The molecule has 0 spiro atoms. The van der Waals surface area contributed by atoms with Gasteiger partial charge in [-0.15, -0.1) is 0 Å². The number of piperazine rings is 1. The average molecular weight is 262 g/mol. The van der Waals surface area contributed by atoms with Crippen molar-refractivity contribution in [1.29, 1.82) is 0 Å². The van der Waals surface area contributed by atoms with Gasteiger partial charge in [0.1, 0.15) is 0 Å². The topological polar surface area (TPSA) is 40.2 Å². The minimum atomic E-state index is 0.285. The Kier molecular flexibility index (Phi) is 5.31. The predicted molar refractivity (Wildman–Crippen MR) is 79.1 cm³/mol. The van der Waals surface area contributed by atoms with E-state index in [-0.39, 0.29) is 5.54 Å². The summed E-state index contributed by atoms with van der Waals surface area (Å²) in [5.41, 5.74) is 1.59. The van der Waals surface area contributed by atoms with Crippen molar-refractivity contribution >= 4 is 0 Å². The van der Waals surface area contributed by atoms with Crippen LogP contribution in [0.15, 0.2) is 24.5 Å². The number of hydrogen-bond donors (Lipinski definition) is 2. The lowest BCUT2D eigenvalue weighted by atomic mass is 9.97. The summed E-state index contributed by atoms with van der Waals surface area (Å²) in [5, 5.41) is 6.94. The van der Waals surface area contributed by atoms with Gasteiger partial charge < -0.3 is 10.6 Å². The molecule has 2 rings (SSSR count). The van der Waals surface area contributed by atoms with Crippen LogP contribution in [0.25, 0.3) is 0 Å². The number of pyridine rings is 1. The summed E-state index contributed by atoms with van der Waals surface area (Å²) < 4.78 is 0. The third-order valence-corrected chi connectivity index (χ3v) is 3.97. The van der Waals surface area contributed by atoms with Crippen molar-refractivity contribution < 1.29 is 0 Å². The zero-order valence-electron chi connectivity index (χ0n) is 12.2. The molecular formula is C15H26N4. The lowest BCUT2D eigenvalue weighted by Gasteiger charge is -2.41. The molecule has 1 aliphatic rings. The molecule has 1 aliphatic heterocycles. The summed E-state index contributed by atoms with van der Waals surface area (Å²) in [5.74, 6) is 0. The molecule has 1 saturated heterocycles. The SMILES string of the molecule is CC(C)(CCNCc1ccncc1)N1CCNCC1. The number of rotatable bonds is 6. The first-order valence-corrected chi connectivity index (χ1v) is 7.24. The highest BCUT2D eigenvalue weighted by molar-refractivity contribution is 5.08. The molecule has 1 aromatic rings. The number of aromatic nitrogens is 1. The molecule has 4 heteroatoms. The number of nitrogens with one attached hydrogen (secondary N) is 2. The van der Waals surface area contributed by atoms with Crippen molar-refractivity contribution in [3.05, 3.63) is 30.1 Å². The van der Waals surface area contributed by atoms with E-state index in [2.05, 4.69) is 46.5 Å². The van der Waals surface area contributed by atoms with E-state index in [0.29, 0.717) is 0 Å². The van der Waals surface area contributed by atoms with E-state index < -0.39 is 0 Å². The van der Waals surface area contributed by atoms with Crippen molar-refractivity contribution in [3.63, 3.8) is 0 Å². The molecule has 2 heterocycles. The Labute approximate surface area is 116 Å². The van der Waals surface area contributed by atoms with Crippen molar-refractivity contribution in [3.8, 4) is 0 Å². The monoisotopic (exact) mass is 262 g/mol. The van der Waals surface area contributed by atoms with Gasteiger partial charge in [0.05, 0.1) is 0 Å². The van der Waals surface area contributed by atoms with E-state index in [4.69, 9.17) is 0 Å². The molecule has 4 nitrogen and oxygen atoms in total. The maximum atomic E-state index is 4.03. The third-order valence-electron chi connectivity index (χ3n) is 3.97. The van der Waals surface area contributed by atoms with Gasteiger partial charge in [-0.2, -0.15) is 0 Å². The van der Waals surface area contributed by atoms with Crippen LogP contribution in [0.3, 0.4) is 0 Å². The predicted octanol–water partition coefficient (Wildman–Crippen LogP) is 1.25. The Morgan fingerprint density at radius 1 is 1.26 bits per heavy atom. The van der Waals surface area contributed by atoms with Gasteiger partial charge in [0.25, 0.3) is 0 Å². The molecule has 0 saturated carbocycles. The summed E-state index contributed by atoms with van der Waals surface area (Å²) in [6, 6.07) is 4.13. The largest absolute Gasteiger partial charge is 0.314 e. The summed E-state index contributed by atoms with van der Waals surface area (Å²) in [7, 11) is 0. The molecule has 1 fully saturated rings. The highest BCUT2D eigenvalue weighted by Gasteiger charge is 2.26. The Bertz CT molecular complexity index is 358. The van der Waals surface area contributed by atoms with E-state index in [9.17, 15) is 0 Å². The zero-order valence-corrected chi connectivity index (χ0v) is 12.2. The molecule has 0 amide bonds. The van der Waals surface area contributed by atoms with E-state index in [0.717, 1.165) is 39.3 Å². The second-order valence-corrected chi connectivity index (χ2v) is 5.83. The van der Waals surface area contributed by atoms with E-state index in [1.54, 1.807) is 0 Å². The van der Waals surface area contributed by atoms with Crippen LogP contribution in [0.5, 0.6) is 0 Å². The van der Waals surface area contributed by atoms with Crippen molar-refractivity contribution in [1.82, 2.24) is 20.5 Å². The van der Waals surface area contributed by atoms with Crippen LogP contribution >= 0.6 is 0 Å².